The van der Waals surface area contributed by atoms with Gasteiger partial charge in [0.05, 0.1) is 5.69 Å². The molecular weight excluding hydrogens is 290 g/mol. The van der Waals surface area contributed by atoms with Crippen LogP contribution in [-0.2, 0) is 6.54 Å². The fourth-order valence-electron chi connectivity index (χ4n) is 2.77. The molecule has 23 heavy (non-hydrogen) atoms. The molecule has 2 aromatic heterocycles. The molecule has 3 rings (SSSR count). The zero-order chi connectivity index (χ0) is 16.2. The highest BCUT2D eigenvalue weighted by molar-refractivity contribution is 5.29. The van der Waals surface area contributed by atoms with Crippen molar-refractivity contribution in [2.75, 3.05) is 32.1 Å². The largest absolute Gasteiger partial charge is 0.489 e. The van der Waals surface area contributed by atoms with Crippen molar-refractivity contribution in [3.8, 4) is 5.75 Å². The lowest BCUT2D eigenvalue weighted by molar-refractivity contribution is 0.197. The molecule has 6 heteroatoms. The Labute approximate surface area is 137 Å². The van der Waals surface area contributed by atoms with Crippen LogP contribution in [0.3, 0.4) is 0 Å². The van der Waals surface area contributed by atoms with Crippen molar-refractivity contribution in [2.45, 2.75) is 26.0 Å². The first-order chi connectivity index (χ1) is 11.1. The summed E-state index contributed by atoms with van der Waals surface area (Å²) in [5.74, 6) is 1.66. The van der Waals surface area contributed by atoms with Crippen LogP contribution in [0, 0.1) is 6.92 Å². The van der Waals surface area contributed by atoms with Crippen molar-refractivity contribution in [3.05, 3.63) is 42.0 Å². The van der Waals surface area contributed by atoms with E-state index in [1.54, 1.807) is 12.4 Å². The molecule has 0 aromatic carbocycles. The Morgan fingerprint density at radius 1 is 1.26 bits per heavy atom. The Morgan fingerprint density at radius 3 is 2.78 bits per heavy atom. The summed E-state index contributed by atoms with van der Waals surface area (Å²) >= 11 is 0. The van der Waals surface area contributed by atoms with Crippen molar-refractivity contribution in [1.29, 1.82) is 0 Å². The van der Waals surface area contributed by atoms with Crippen molar-refractivity contribution < 1.29 is 4.74 Å². The van der Waals surface area contributed by atoms with Crippen molar-refractivity contribution in [1.82, 2.24) is 19.9 Å². The number of aryl methyl sites for hydroxylation is 1. The van der Waals surface area contributed by atoms with E-state index >= 15 is 0 Å². The Balaban J connectivity index is 1.60. The number of pyridine rings is 1. The predicted octanol–water partition coefficient (Wildman–Crippen LogP) is 1.90. The van der Waals surface area contributed by atoms with E-state index in [1.165, 1.54) is 0 Å². The van der Waals surface area contributed by atoms with Crippen molar-refractivity contribution >= 4 is 5.95 Å². The Hall–Kier alpha value is -2.21. The molecular formula is C17H23N5O. The van der Waals surface area contributed by atoms with Crippen LogP contribution in [0.2, 0.25) is 0 Å². The molecule has 0 unspecified atom stereocenters. The first kappa shape index (κ1) is 15.7. The lowest BCUT2D eigenvalue weighted by atomic mass is 10.3. The van der Waals surface area contributed by atoms with Gasteiger partial charge in [-0.15, -0.1) is 0 Å². The Bertz CT molecular complexity index is 647. The Kier molecular flexibility index (Phi) is 4.71. The third kappa shape index (κ3) is 4.16. The average molecular weight is 313 g/mol. The van der Waals surface area contributed by atoms with Crippen LogP contribution in [0.5, 0.6) is 5.75 Å². The van der Waals surface area contributed by atoms with Gasteiger partial charge < -0.3 is 9.64 Å². The number of aromatic nitrogens is 3. The third-order valence-corrected chi connectivity index (χ3v) is 3.86. The molecule has 1 atom stereocenters. The van der Waals surface area contributed by atoms with Gasteiger partial charge >= 0.3 is 0 Å². The van der Waals surface area contributed by atoms with Crippen LogP contribution in [0.4, 0.5) is 5.95 Å². The molecule has 0 amide bonds. The molecule has 0 spiro atoms. The molecule has 2 aromatic rings. The molecule has 0 N–H and O–H groups in total. The van der Waals surface area contributed by atoms with Crippen LogP contribution < -0.4 is 9.64 Å². The maximum Gasteiger partial charge on any atom is 0.225 e. The van der Waals surface area contributed by atoms with E-state index in [2.05, 4.69) is 25.9 Å². The van der Waals surface area contributed by atoms with Gasteiger partial charge in [-0.2, -0.15) is 0 Å². The fourth-order valence-corrected chi connectivity index (χ4v) is 2.77. The monoisotopic (exact) mass is 313 g/mol. The summed E-state index contributed by atoms with van der Waals surface area (Å²) in [6.07, 6.45) is 4.78. The summed E-state index contributed by atoms with van der Waals surface area (Å²) in [5, 5.41) is 0. The molecule has 122 valence electrons. The molecule has 1 fully saturated rings. The van der Waals surface area contributed by atoms with Gasteiger partial charge in [0.15, 0.2) is 0 Å². The predicted molar refractivity (Wildman–Crippen MR) is 89.6 cm³/mol. The zero-order valence-corrected chi connectivity index (χ0v) is 13.9. The molecule has 0 radical (unpaired) electrons. The molecule has 6 nitrogen and oxygen atoms in total. The highest BCUT2D eigenvalue weighted by atomic mass is 16.5. The molecule has 0 aliphatic carbocycles. The summed E-state index contributed by atoms with van der Waals surface area (Å²) in [5.41, 5.74) is 2.06. The van der Waals surface area contributed by atoms with Gasteiger partial charge in [-0.3, -0.25) is 9.88 Å². The topological polar surface area (TPSA) is 54.4 Å². The highest BCUT2D eigenvalue weighted by Gasteiger charge is 2.24. The summed E-state index contributed by atoms with van der Waals surface area (Å²) in [6, 6.07) is 5.86. The van der Waals surface area contributed by atoms with E-state index < -0.39 is 0 Å². The minimum atomic E-state index is 0.230. The summed E-state index contributed by atoms with van der Waals surface area (Å²) < 4.78 is 6.01. The van der Waals surface area contributed by atoms with Crippen LogP contribution in [0.25, 0.3) is 0 Å². The van der Waals surface area contributed by atoms with Gasteiger partial charge in [0, 0.05) is 51.8 Å². The second-order valence-corrected chi connectivity index (χ2v) is 6.14. The van der Waals surface area contributed by atoms with E-state index in [4.69, 9.17) is 4.74 Å². The zero-order valence-electron chi connectivity index (χ0n) is 13.9. The van der Waals surface area contributed by atoms with E-state index in [-0.39, 0.29) is 6.10 Å². The minimum Gasteiger partial charge on any atom is -0.489 e. The standard InChI is InChI=1S/C17H23N5O/c1-13-10-14(20-17(19-13)21(2)3)11-22-9-6-16(12-22)23-15-4-7-18-8-5-15/h4-5,7-8,10,16H,6,9,11-12H2,1-3H3/t16-/m1/s1. The van der Waals surface area contributed by atoms with Gasteiger partial charge in [0.2, 0.25) is 5.95 Å². The van der Waals surface area contributed by atoms with Crippen LogP contribution in [0.15, 0.2) is 30.6 Å². The molecule has 1 saturated heterocycles. The molecule has 0 bridgehead atoms. The van der Waals surface area contributed by atoms with Gasteiger partial charge in [0.1, 0.15) is 11.9 Å². The van der Waals surface area contributed by atoms with E-state index in [9.17, 15) is 0 Å². The third-order valence-electron chi connectivity index (χ3n) is 3.86. The second kappa shape index (κ2) is 6.91. The van der Waals surface area contributed by atoms with Gasteiger partial charge in [-0.1, -0.05) is 0 Å². The molecule has 1 aliphatic heterocycles. The molecule has 0 saturated carbocycles. The van der Waals surface area contributed by atoms with Crippen molar-refractivity contribution in [2.24, 2.45) is 0 Å². The number of nitrogens with zero attached hydrogens (tertiary/aromatic N) is 5. The summed E-state index contributed by atoms with van der Waals surface area (Å²) in [6.45, 7) is 4.79. The van der Waals surface area contributed by atoms with E-state index in [1.807, 2.05) is 38.1 Å². The van der Waals surface area contributed by atoms with Gasteiger partial charge in [-0.05, 0) is 31.5 Å². The van der Waals surface area contributed by atoms with E-state index in [0.717, 1.165) is 49.1 Å². The van der Waals surface area contributed by atoms with Gasteiger partial charge in [0.25, 0.3) is 0 Å². The van der Waals surface area contributed by atoms with E-state index in [0.29, 0.717) is 0 Å². The number of likely N-dealkylation sites (tertiary alicyclic amines) is 1. The average Bonchev–Trinajstić information content (AvgIpc) is 2.94. The number of anilines is 1. The first-order valence-electron chi connectivity index (χ1n) is 7.91. The fraction of sp³-hybridized carbons (Fsp3) is 0.471. The minimum absolute atomic E-state index is 0.230. The summed E-state index contributed by atoms with van der Waals surface area (Å²) in [4.78, 5) is 17.4. The molecule has 3 heterocycles. The Morgan fingerprint density at radius 2 is 2.04 bits per heavy atom. The lowest BCUT2D eigenvalue weighted by Gasteiger charge is -2.18. The summed E-state index contributed by atoms with van der Waals surface area (Å²) in [7, 11) is 3.93. The van der Waals surface area contributed by atoms with Crippen LogP contribution in [0.1, 0.15) is 17.8 Å². The second-order valence-electron chi connectivity index (χ2n) is 6.14. The maximum atomic E-state index is 6.01. The maximum absolute atomic E-state index is 6.01. The normalized spacial score (nSPS) is 18.1. The lowest BCUT2D eigenvalue weighted by Crippen LogP contribution is -2.25. The molecule has 1 aliphatic rings. The number of ether oxygens (including phenoxy) is 1. The highest BCUT2D eigenvalue weighted by Crippen LogP contribution is 2.19. The number of hydrogen-bond donors (Lipinski definition) is 0. The SMILES string of the molecule is Cc1cc(CN2CC[C@@H](Oc3ccncc3)C2)nc(N(C)C)n1. The number of rotatable bonds is 5. The van der Waals surface area contributed by atoms with Crippen LogP contribution >= 0.6 is 0 Å². The van der Waals surface area contributed by atoms with Gasteiger partial charge in [-0.25, -0.2) is 9.97 Å². The number of hydrogen-bond acceptors (Lipinski definition) is 6. The quantitative estimate of drug-likeness (QED) is 0.840. The first-order valence-corrected chi connectivity index (χ1v) is 7.91. The smallest absolute Gasteiger partial charge is 0.225 e. The van der Waals surface area contributed by atoms with Crippen molar-refractivity contribution in [3.63, 3.8) is 0 Å². The van der Waals surface area contributed by atoms with Crippen LogP contribution in [-0.4, -0.2) is 53.1 Å².